The maximum Gasteiger partial charge on any atom is 0.237 e. The first-order valence-corrected chi connectivity index (χ1v) is 7.92. The highest BCUT2D eigenvalue weighted by molar-refractivity contribution is 5.85. The second kappa shape index (κ2) is 4.55. The number of nitrogens with one attached hydrogen (secondary N) is 1. The molecule has 0 spiro atoms. The first-order chi connectivity index (χ1) is 10.1. The number of amides is 1. The lowest BCUT2D eigenvalue weighted by Crippen LogP contribution is -2.68. The van der Waals surface area contributed by atoms with Crippen molar-refractivity contribution in [2.24, 2.45) is 17.6 Å². The maximum absolute atomic E-state index is 11.9. The van der Waals surface area contributed by atoms with Crippen molar-refractivity contribution >= 4 is 5.91 Å². The smallest absolute Gasteiger partial charge is 0.237 e. The van der Waals surface area contributed by atoms with Crippen LogP contribution in [0.5, 0.6) is 0 Å². The van der Waals surface area contributed by atoms with Gasteiger partial charge in [0.05, 0.1) is 5.54 Å². The van der Waals surface area contributed by atoms with Crippen LogP contribution < -0.4 is 11.1 Å². The highest BCUT2D eigenvalue weighted by atomic mass is 16.1. The van der Waals surface area contributed by atoms with Crippen LogP contribution in [0.25, 0.3) is 0 Å². The van der Waals surface area contributed by atoms with E-state index in [1.54, 1.807) is 0 Å². The van der Waals surface area contributed by atoms with Gasteiger partial charge in [-0.1, -0.05) is 29.8 Å². The van der Waals surface area contributed by atoms with Crippen molar-refractivity contribution in [1.82, 2.24) is 10.2 Å². The third-order valence-electron chi connectivity index (χ3n) is 5.82. The topological polar surface area (TPSA) is 58.4 Å². The van der Waals surface area contributed by atoms with Crippen LogP contribution in [-0.4, -0.2) is 35.5 Å². The molecule has 4 nitrogen and oxygen atoms in total. The largest absolute Gasteiger partial charge is 0.368 e. The van der Waals surface area contributed by atoms with Gasteiger partial charge in [0.2, 0.25) is 5.91 Å². The lowest BCUT2D eigenvalue weighted by Gasteiger charge is -2.49. The van der Waals surface area contributed by atoms with Crippen molar-refractivity contribution in [2.75, 3.05) is 13.1 Å². The van der Waals surface area contributed by atoms with Gasteiger partial charge in [-0.2, -0.15) is 0 Å². The van der Waals surface area contributed by atoms with Gasteiger partial charge in [-0.3, -0.25) is 9.69 Å². The summed E-state index contributed by atoms with van der Waals surface area (Å²) in [7, 11) is 0. The molecule has 4 unspecified atom stereocenters. The third-order valence-corrected chi connectivity index (χ3v) is 5.82. The van der Waals surface area contributed by atoms with Crippen molar-refractivity contribution in [2.45, 2.75) is 37.9 Å². The van der Waals surface area contributed by atoms with E-state index < -0.39 is 5.54 Å². The summed E-state index contributed by atoms with van der Waals surface area (Å²) in [4.78, 5) is 14.5. The molecule has 4 aliphatic rings. The molecule has 3 aliphatic heterocycles. The number of carbonyl (C=O) groups excluding carboxylic acids is 1. The molecule has 1 saturated carbocycles. The molecule has 3 N–H and O–H groups in total. The number of nitrogens with two attached hydrogens (primary N) is 1. The van der Waals surface area contributed by atoms with Crippen LogP contribution in [-0.2, 0) is 11.3 Å². The minimum Gasteiger partial charge on any atom is -0.368 e. The first kappa shape index (κ1) is 13.3. The van der Waals surface area contributed by atoms with E-state index in [9.17, 15) is 4.79 Å². The number of primary amides is 1. The lowest BCUT2D eigenvalue weighted by atomic mass is 9.65. The summed E-state index contributed by atoms with van der Waals surface area (Å²) >= 11 is 0. The molecule has 112 valence electrons. The Hall–Kier alpha value is -1.39. The molecule has 1 aliphatic carbocycles. The van der Waals surface area contributed by atoms with E-state index in [0.29, 0.717) is 17.9 Å². The summed E-state index contributed by atoms with van der Waals surface area (Å²) in [5.41, 5.74) is 7.93. The van der Waals surface area contributed by atoms with Gasteiger partial charge in [0.15, 0.2) is 0 Å². The highest BCUT2D eigenvalue weighted by Gasteiger charge is 2.58. The van der Waals surface area contributed by atoms with Crippen LogP contribution in [0.2, 0.25) is 0 Å². The zero-order chi connectivity index (χ0) is 14.6. The molecule has 3 heterocycles. The molecular formula is C17H23N3O. The molecule has 1 aromatic rings. The first-order valence-electron chi connectivity index (χ1n) is 7.92. The molecule has 21 heavy (non-hydrogen) atoms. The Labute approximate surface area is 125 Å². The van der Waals surface area contributed by atoms with Gasteiger partial charge >= 0.3 is 0 Å². The third kappa shape index (κ3) is 2.00. The molecule has 4 fully saturated rings. The number of hydrogen-bond donors (Lipinski definition) is 2. The molecule has 4 bridgehead atoms. The quantitative estimate of drug-likeness (QED) is 0.872. The van der Waals surface area contributed by atoms with Gasteiger partial charge < -0.3 is 11.1 Å². The molecule has 3 saturated heterocycles. The van der Waals surface area contributed by atoms with Gasteiger partial charge in [0.25, 0.3) is 0 Å². The normalized spacial score (nSPS) is 37.9. The average Bonchev–Trinajstić information content (AvgIpc) is 2.70. The zero-order valence-electron chi connectivity index (χ0n) is 12.5. The van der Waals surface area contributed by atoms with E-state index in [0.717, 1.165) is 32.5 Å². The van der Waals surface area contributed by atoms with E-state index in [-0.39, 0.29) is 5.91 Å². The Morgan fingerprint density at radius 1 is 1.48 bits per heavy atom. The standard InChI is InChI=1S/C17H23N3O/c1-11-3-2-4-12(5-11)9-20-10-13-6-17(16(18)21)7-15(20)14(13)8-19-17/h2-5,13-15,19H,6-10H2,1H3,(H2,18,21). The van der Waals surface area contributed by atoms with E-state index in [2.05, 4.69) is 41.4 Å². The molecule has 4 atom stereocenters. The maximum atomic E-state index is 11.9. The molecule has 1 amide bonds. The van der Waals surface area contributed by atoms with Crippen LogP contribution in [0.3, 0.4) is 0 Å². The number of rotatable bonds is 3. The van der Waals surface area contributed by atoms with E-state index >= 15 is 0 Å². The van der Waals surface area contributed by atoms with E-state index in [4.69, 9.17) is 5.73 Å². The second-order valence-corrected chi connectivity index (χ2v) is 7.15. The number of aryl methyl sites for hydroxylation is 1. The van der Waals surface area contributed by atoms with Crippen molar-refractivity contribution in [3.63, 3.8) is 0 Å². The van der Waals surface area contributed by atoms with Gasteiger partial charge in [-0.15, -0.1) is 0 Å². The van der Waals surface area contributed by atoms with Crippen molar-refractivity contribution < 1.29 is 4.79 Å². The van der Waals surface area contributed by atoms with Crippen molar-refractivity contribution in [1.29, 1.82) is 0 Å². The number of carbonyl (C=O) groups is 1. The fraction of sp³-hybridized carbons (Fsp3) is 0.588. The number of piperidine rings is 2. The van der Waals surface area contributed by atoms with Gasteiger partial charge in [-0.05, 0) is 37.2 Å². The summed E-state index contributed by atoms with van der Waals surface area (Å²) in [5.74, 6) is 1.16. The summed E-state index contributed by atoms with van der Waals surface area (Å²) in [5, 5.41) is 3.42. The SMILES string of the molecule is Cc1cccc(CN2CC3CC4(C(N)=O)CC2C3CN4)c1. The van der Waals surface area contributed by atoms with Gasteiger partial charge in [0, 0.05) is 25.7 Å². The Kier molecular flexibility index (Phi) is 2.88. The predicted molar refractivity (Wildman–Crippen MR) is 81.5 cm³/mol. The Morgan fingerprint density at radius 2 is 2.33 bits per heavy atom. The molecule has 5 rings (SSSR count). The minimum atomic E-state index is -0.439. The Balaban J connectivity index is 1.57. The predicted octanol–water partition coefficient (Wildman–Crippen LogP) is 1.03. The summed E-state index contributed by atoms with van der Waals surface area (Å²) in [6, 6.07) is 9.25. The summed E-state index contributed by atoms with van der Waals surface area (Å²) in [6.07, 6.45) is 1.81. The molecular weight excluding hydrogens is 262 g/mol. The lowest BCUT2D eigenvalue weighted by molar-refractivity contribution is -0.129. The average molecular weight is 285 g/mol. The Morgan fingerprint density at radius 3 is 3.10 bits per heavy atom. The molecule has 4 heteroatoms. The number of fused-ring (bicyclic) bond motifs is 1. The van der Waals surface area contributed by atoms with Gasteiger partial charge in [0.1, 0.15) is 0 Å². The summed E-state index contributed by atoms with van der Waals surface area (Å²) < 4.78 is 0. The fourth-order valence-corrected chi connectivity index (χ4v) is 4.82. The van der Waals surface area contributed by atoms with Gasteiger partial charge in [-0.25, -0.2) is 0 Å². The molecule has 1 aromatic carbocycles. The Bertz CT molecular complexity index is 587. The second-order valence-electron chi connectivity index (χ2n) is 7.15. The number of likely N-dealkylation sites (tertiary alicyclic amines) is 1. The van der Waals surface area contributed by atoms with Crippen LogP contribution >= 0.6 is 0 Å². The van der Waals surface area contributed by atoms with Crippen LogP contribution in [0.1, 0.15) is 24.0 Å². The zero-order valence-corrected chi connectivity index (χ0v) is 12.5. The highest BCUT2D eigenvalue weighted by Crippen LogP contribution is 2.48. The van der Waals surface area contributed by atoms with E-state index in [1.807, 2.05) is 0 Å². The van der Waals surface area contributed by atoms with Crippen molar-refractivity contribution in [3.8, 4) is 0 Å². The number of hydrogen-bond acceptors (Lipinski definition) is 3. The fourth-order valence-electron chi connectivity index (χ4n) is 4.82. The van der Waals surface area contributed by atoms with Crippen LogP contribution in [0.15, 0.2) is 24.3 Å². The summed E-state index contributed by atoms with van der Waals surface area (Å²) in [6.45, 7) is 5.19. The number of nitrogens with zero attached hydrogens (tertiary/aromatic N) is 1. The number of benzene rings is 1. The minimum absolute atomic E-state index is 0.159. The van der Waals surface area contributed by atoms with Crippen LogP contribution in [0.4, 0.5) is 0 Å². The monoisotopic (exact) mass is 285 g/mol. The molecule has 0 aromatic heterocycles. The van der Waals surface area contributed by atoms with Crippen LogP contribution in [0, 0.1) is 18.8 Å². The van der Waals surface area contributed by atoms with E-state index in [1.165, 1.54) is 11.1 Å². The molecule has 0 radical (unpaired) electrons. The van der Waals surface area contributed by atoms with Crippen molar-refractivity contribution in [3.05, 3.63) is 35.4 Å².